The molecule has 0 aliphatic rings. The van der Waals surface area contributed by atoms with Crippen LogP contribution < -0.4 is 0 Å². The summed E-state index contributed by atoms with van der Waals surface area (Å²) in [6.07, 6.45) is 1.69. The molecule has 4 heavy (non-hydrogen) atoms. The van der Waals surface area contributed by atoms with Crippen molar-refractivity contribution in [3.8, 4) is 0 Å². The third kappa shape index (κ3) is 47.6. The van der Waals surface area contributed by atoms with E-state index in [-0.39, 0.29) is 0 Å². The highest BCUT2D eigenvalue weighted by molar-refractivity contribution is 7.79. The molecule has 0 spiro atoms. The second-order valence-electron chi connectivity index (χ2n) is 0. The molecule has 0 aromatic heterocycles. The van der Waals surface area contributed by atoms with Gasteiger partial charge in [-0.15, -0.1) is 0 Å². The molecule has 0 aliphatic carbocycles. The summed E-state index contributed by atoms with van der Waals surface area (Å²) in [4.78, 5) is 0. The van der Waals surface area contributed by atoms with E-state index in [1.165, 1.54) is 0 Å². The van der Waals surface area contributed by atoms with Crippen molar-refractivity contribution in [3.63, 3.8) is 0 Å². The van der Waals surface area contributed by atoms with E-state index in [4.69, 9.17) is 0 Å². The largest absolute Gasteiger partial charge is 0.255 e. The molecule has 0 aliphatic heterocycles. The van der Waals surface area contributed by atoms with E-state index in [1.807, 2.05) is 0 Å². The second kappa shape index (κ2) is 217. The van der Waals surface area contributed by atoms with Crippen LogP contribution in [0.3, 0.4) is 0 Å². The summed E-state index contributed by atoms with van der Waals surface area (Å²) >= 11 is 3.53. The van der Waals surface area contributed by atoms with Crippen LogP contribution in [0.1, 0.15) is 0 Å². The number of thiol groups is 1. The molecular formula is C2H7FS. The number of rotatable bonds is 0. The fraction of sp³-hybridized carbons (Fsp3) is 1.00. The van der Waals surface area contributed by atoms with Gasteiger partial charge in [-0.25, -0.2) is 0 Å². The normalized spacial score (nSPS) is 3.00. The van der Waals surface area contributed by atoms with E-state index >= 15 is 0 Å². The Kier molecular flexibility index (Phi) is 482. The van der Waals surface area contributed by atoms with E-state index in [1.54, 1.807) is 6.26 Å². The Hall–Kier alpha value is 0.280. The minimum atomic E-state index is 0.500. The number of halogens is 1. The van der Waals surface area contributed by atoms with Gasteiger partial charge in [-0.05, 0) is 6.26 Å². The molecule has 0 radical (unpaired) electrons. The molecule has 0 nitrogen and oxygen atoms in total. The van der Waals surface area contributed by atoms with Crippen LogP contribution in [0, 0.1) is 0 Å². The molecule has 2 heteroatoms. The summed E-state index contributed by atoms with van der Waals surface area (Å²) in [5, 5.41) is 0. The number of hydrogen-bond donors (Lipinski definition) is 1. The Morgan fingerprint density at radius 1 is 1.25 bits per heavy atom. The van der Waals surface area contributed by atoms with Crippen LogP contribution in [-0.4, -0.2) is 13.4 Å². The molecule has 0 unspecified atom stereocenters. The lowest BCUT2D eigenvalue weighted by Gasteiger charge is -1.11. The van der Waals surface area contributed by atoms with Crippen LogP contribution in [-0.2, 0) is 0 Å². The first-order chi connectivity index (χ1) is 2.00. The standard InChI is InChI=1S/CH3F.CH4S/c2*1-2/h1H3;2H,1H3. The Labute approximate surface area is 31.4 Å². The van der Waals surface area contributed by atoms with Gasteiger partial charge in [0, 0.05) is 0 Å². The van der Waals surface area contributed by atoms with E-state index in [0.717, 1.165) is 0 Å². The van der Waals surface area contributed by atoms with Crippen molar-refractivity contribution < 1.29 is 4.39 Å². The molecular weight excluding hydrogens is 75.1 g/mol. The molecule has 0 rings (SSSR count). The number of alkyl halides is 1. The average molecular weight is 82.1 g/mol. The maximum Gasteiger partial charge on any atom is 0.0785 e. The monoisotopic (exact) mass is 82.0 g/mol. The van der Waals surface area contributed by atoms with Crippen molar-refractivity contribution in [2.75, 3.05) is 13.4 Å². The van der Waals surface area contributed by atoms with Crippen molar-refractivity contribution in [2.45, 2.75) is 0 Å². The first kappa shape index (κ1) is 8.86. The molecule has 0 amide bonds. The van der Waals surface area contributed by atoms with Gasteiger partial charge in [0.15, 0.2) is 0 Å². The Morgan fingerprint density at radius 3 is 1.25 bits per heavy atom. The average Bonchev–Trinajstić information content (AvgIpc) is 1.50. The van der Waals surface area contributed by atoms with Gasteiger partial charge in [0.1, 0.15) is 0 Å². The summed E-state index contributed by atoms with van der Waals surface area (Å²) in [7, 11) is 0.500. The van der Waals surface area contributed by atoms with Gasteiger partial charge in [-0.3, -0.25) is 4.39 Å². The second-order valence-corrected chi connectivity index (χ2v) is 0. The van der Waals surface area contributed by atoms with Crippen LogP contribution in [0.4, 0.5) is 4.39 Å². The van der Waals surface area contributed by atoms with Crippen LogP contribution in [0.5, 0.6) is 0 Å². The minimum Gasteiger partial charge on any atom is -0.255 e. The van der Waals surface area contributed by atoms with Crippen molar-refractivity contribution in [1.82, 2.24) is 0 Å². The van der Waals surface area contributed by atoms with Gasteiger partial charge >= 0.3 is 0 Å². The first-order valence-corrected chi connectivity index (χ1v) is 1.72. The zero-order valence-electron chi connectivity index (χ0n) is 2.83. The van der Waals surface area contributed by atoms with Crippen LogP contribution >= 0.6 is 12.6 Å². The van der Waals surface area contributed by atoms with Crippen LogP contribution in [0.2, 0.25) is 0 Å². The number of hydrogen-bond acceptors (Lipinski definition) is 1. The topological polar surface area (TPSA) is 0 Å². The van der Waals surface area contributed by atoms with Gasteiger partial charge in [-0.2, -0.15) is 12.6 Å². The molecule has 28 valence electrons. The first-order valence-electron chi connectivity index (χ1n) is 0.825. The zero-order valence-corrected chi connectivity index (χ0v) is 3.72. The van der Waals surface area contributed by atoms with Gasteiger partial charge in [0.2, 0.25) is 0 Å². The smallest absolute Gasteiger partial charge is 0.0785 e. The van der Waals surface area contributed by atoms with E-state index in [0.29, 0.717) is 7.18 Å². The third-order valence-electron chi connectivity index (χ3n) is 0. The fourth-order valence-corrected chi connectivity index (χ4v) is 0. The Morgan fingerprint density at radius 2 is 1.25 bits per heavy atom. The predicted octanol–water partition coefficient (Wildman–Crippen LogP) is 1.13. The van der Waals surface area contributed by atoms with E-state index < -0.39 is 0 Å². The van der Waals surface area contributed by atoms with Gasteiger partial charge in [0.05, 0.1) is 7.18 Å². The van der Waals surface area contributed by atoms with Crippen LogP contribution in [0.15, 0.2) is 0 Å². The summed E-state index contributed by atoms with van der Waals surface area (Å²) in [6.45, 7) is 0. The lowest BCUT2D eigenvalue weighted by molar-refractivity contribution is 0.636. The SMILES string of the molecule is CF.CS. The Balaban J connectivity index is 0. The molecule has 0 aromatic carbocycles. The molecule has 0 heterocycles. The van der Waals surface area contributed by atoms with Crippen molar-refractivity contribution >= 4 is 12.6 Å². The van der Waals surface area contributed by atoms with Gasteiger partial charge in [-0.1, -0.05) is 0 Å². The quantitative estimate of drug-likeness (QED) is 0.416. The maximum absolute atomic E-state index is 9.50. The highest BCUT2D eigenvalue weighted by Gasteiger charge is 0.926. The molecule has 0 aromatic rings. The van der Waals surface area contributed by atoms with Gasteiger partial charge in [0.25, 0.3) is 0 Å². The van der Waals surface area contributed by atoms with E-state index in [9.17, 15) is 4.39 Å². The Bertz CT molecular complexity index is 6.00. The third-order valence-corrected chi connectivity index (χ3v) is 0. The summed E-state index contributed by atoms with van der Waals surface area (Å²) in [6, 6.07) is 0. The zero-order chi connectivity index (χ0) is 4.00. The highest BCUT2D eigenvalue weighted by atomic mass is 32.1. The summed E-state index contributed by atoms with van der Waals surface area (Å²) in [5.74, 6) is 0. The van der Waals surface area contributed by atoms with Gasteiger partial charge < -0.3 is 0 Å². The molecule has 0 saturated heterocycles. The van der Waals surface area contributed by atoms with Crippen LogP contribution in [0.25, 0.3) is 0 Å². The summed E-state index contributed by atoms with van der Waals surface area (Å²) < 4.78 is 9.50. The predicted molar refractivity (Wildman–Crippen MR) is 21.9 cm³/mol. The van der Waals surface area contributed by atoms with Crippen molar-refractivity contribution in [3.05, 3.63) is 0 Å². The fourth-order valence-electron chi connectivity index (χ4n) is 0. The minimum absolute atomic E-state index is 0.500. The molecule has 0 fully saturated rings. The lowest BCUT2D eigenvalue weighted by atomic mass is 11.9. The van der Waals surface area contributed by atoms with Crippen molar-refractivity contribution in [1.29, 1.82) is 0 Å². The lowest BCUT2D eigenvalue weighted by Crippen LogP contribution is -0.939. The van der Waals surface area contributed by atoms with E-state index in [2.05, 4.69) is 12.6 Å². The molecule has 0 bridgehead atoms. The molecule has 0 N–H and O–H groups in total. The molecule has 0 saturated carbocycles. The van der Waals surface area contributed by atoms with Crippen molar-refractivity contribution in [2.24, 2.45) is 0 Å². The maximum atomic E-state index is 9.50. The highest BCUT2D eigenvalue weighted by Crippen LogP contribution is 1.31. The summed E-state index contributed by atoms with van der Waals surface area (Å²) in [5.41, 5.74) is 0. The molecule has 0 atom stereocenters.